The molecule has 2 heterocycles. The number of piperidine rings is 1. The largest absolute Gasteiger partial charge is 0.299 e. The van der Waals surface area contributed by atoms with E-state index in [2.05, 4.69) is 20.4 Å². The lowest BCUT2D eigenvalue weighted by atomic mass is 9.96. The molecule has 1 aliphatic heterocycles. The van der Waals surface area contributed by atoms with Gasteiger partial charge in [-0.3, -0.25) is 14.7 Å². The Morgan fingerprint density at radius 2 is 2.19 bits per heavy atom. The van der Waals surface area contributed by atoms with Gasteiger partial charge < -0.3 is 0 Å². The highest BCUT2D eigenvalue weighted by Gasteiger charge is 2.25. The van der Waals surface area contributed by atoms with Gasteiger partial charge in [0.05, 0.1) is 6.21 Å². The zero-order valence-electron chi connectivity index (χ0n) is 14.2. The normalized spacial score (nSPS) is 16.1. The second kappa shape index (κ2) is 8.87. The van der Waals surface area contributed by atoms with Gasteiger partial charge in [-0.2, -0.15) is 5.10 Å². The second-order valence-corrected chi connectivity index (χ2v) is 6.71. The van der Waals surface area contributed by atoms with E-state index < -0.39 is 0 Å². The maximum atomic E-state index is 13.1. The van der Waals surface area contributed by atoms with Gasteiger partial charge in [0.2, 0.25) is 5.91 Å². The summed E-state index contributed by atoms with van der Waals surface area (Å²) in [7, 11) is 0. The SMILES string of the molecule is O=C(N/N=C\c1cccnc1)C1CCN(Cc2ccc(F)cc2Cl)CC1. The van der Waals surface area contributed by atoms with Crippen molar-refractivity contribution in [2.45, 2.75) is 19.4 Å². The first-order chi connectivity index (χ1) is 12.6. The number of hydrazone groups is 1. The molecule has 5 nitrogen and oxygen atoms in total. The summed E-state index contributed by atoms with van der Waals surface area (Å²) in [5, 5.41) is 4.43. The summed E-state index contributed by atoms with van der Waals surface area (Å²) >= 11 is 6.08. The number of pyridine rings is 1. The lowest BCUT2D eigenvalue weighted by molar-refractivity contribution is -0.126. The zero-order valence-corrected chi connectivity index (χ0v) is 15.0. The average molecular weight is 375 g/mol. The Hall–Kier alpha value is -2.31. The Morgan fingerprint density at radius 3 is 2.88 bits per heavy atom. The van der Waals surface area contributed by atoms with Crippen molar-refractivity contribution in [3.63, 3.8) is 0 Å². The summed E-state index contributed by atoms with van der Waals surface area (Å²) in [5.74, 6) is -0.452. The van der Waals surface area contributed by atoms with E-state index in [1.807, 2.05) is 12.1 Å². The molecule has 1 aromatic heterocycles. The minimum Gasteiger partial charge on any atom is -0.299 e. The monoisotopic (exact) mass is 374 g/mol. The first kappa shape index (κ1) is 18.5. The molecule has 2 aromatic rings. The van der Waals surface area contributed by atoms with Gasteiger partial charge in [0.1, 0.15) is 5.82 Å². The Kier molecular flexibility index (Phi) is 6.30. The molecule has 1 saturated heterocycles. The van der Waals surface area contributed by atoms with Crippen molar-refractivity contribution >= 4 is 23.7 Å². The Morgan fingerprint density at radius 1 is 1.38 bits per heavy atom. The van der Waals surface area contributed by atoms with Crippen LogP contribution in [-0.2, 0) is 11.3 Å². The van der Waals surface area contributed by atoms with Gasteiger partial charge >= 0.3 is 0 Å². The average Bonchev–Trinajstić information content (AvgIpc) is 2.65. The first-order valence-corrected chi connectivity index (χ1v) is 8.89. The maximum absolute atomic E-state index is 13.1. The minimum absolute atomic E-state index is 0.0546. The molecule has 1 aliphatic rings. The Bertz CT molecular complexity index is 776. The molecular formula is C19H20ClFN4O. The number of rotatable bonds is 5. The molecule has 0 aliphatic carbocycles. The second-order valence-electron chi connectivity index (χ2n) is 6.31. The fourth-order valence-electron chi connectivity index (χ4n) is 2.96. The fourth-order valence-corrected chi connectivity index (χ4v) is 3.19. The van der Waals surface area contributed by atoms with Crippen molar-refractivity contribution in [3.8, 4) is 0 Å². The summed E-state index contributed by atoms with van der Waals surface area (Å²) in [6.45, 7) is 2.24. The summed E-state index contributed by atoms with van der Waals surface area (Å²) in [6, 6.07) is 8.14. The number of carbonyl (C=O) groups is 1. The molecule has 0 spiro atoms. The zero-order chi connectivity index (χ0) is 18.4. The summed E-state index contributed by atoms with van der Waals surface area (Å²) in [6.07, 6.45) is 6.45. The van der Waals surface area contributed by atoms with Gasteiger partial charge in [0.15, 0.2) is 0 Å². The third kappa shape index (κ3) is 5.09. The van der Waals surface area contributed by atoms with Crippen LogP contribution in [0.15, 0.2) is 47.8 Å². The van der Waals surface area contributed by atoms with Gasteiger partial charge in [-0.1, -0.05) is 23.7 Å². The van der Waals surface area contributed by atoms with E-state index in [9.17, 15) is 9.18 Å². The molecule has 0 bridgehead atoms. The van der Waals surface area contributed by atoms with Crippen molar-refractivity contribution in [1.82, 2.24) is 15.3 Å². The topological polar surface area (TPSA) is 57.6 Å². The minimum atomic E-state index is -0.332. The number of likely N-dealkylation sites (tertiary alicyclic amines) is 1. The molecule has 1 amide bonds. The number of benzene rings is 1. The van der Waals surface area contributed by atoms with Crippen LogP contribution in [0.3, 0.4) is 0 Å². The Labute approximate surface area is 156 Å². The standard InChI is InChI=1S/C19H20ClFN4O/c20-18-10-17(21)4-3-16(18)13-25-8-5-15(6-9-25)19(26)24-23-12-14-2-1-7-22-11-14/h1-4,7,10-12,15H,5-6,8-9,13H2,(H,24,26)/b23-12-. The predicted octanol–water partition coefficient (Wildman–Crippen LogP) is 3.24. The Balaban J connectivity index is 1.45. The maximum Gasteiger partial charge on any atom is 0.243 e. The molecule has 0 unspecified atom stereocenters. The van der Waals surface area contributed by atoms with Crippen LogP contribution >= 0.6 is 11.6 Å². The third-order valence-electron chi connectivity index (χ3n) is 4.44. The van der Waals surface area contributed by atoms with Crippen LogP contribution in [0.25, 0.3) is 0 Å². The van der Waals surface area contributed by atoms with Crippen LogP contribution in [0.4, 0.5) is 4.39 Å². The number of nitrogens with one attached hydrogen (secondary N) is 1. The van der Waals surface area contributed by atoms with Crippen LogP contribution in [0.5, 0.6) is 0 Å². The van der Waals surface area contributed by atoms with Crippen LogP contribution in [0.1, 0.15) is 24.0 Å². The van der Waals surface area contributed by atoms with Crippen molar-refractivity contribution in [2.75, 3.05) is 13.1 Å². The summed E-state index contributed by atoms with van der Waals surface area (Å²) < 4.78 is 13.1. The van der Waals surface area contributed by atoms with Crippen molar-refractivity contribution in [3.05, 3.63) is 64.7 Å². The number of halogens is 2. The lowest BCUT2D eigenvalue weighted by Crippen LogP contribution is -2.39. The van der Waals surface area contributed by atoms with Crippen LogP contribution in [0, 0.1) is 11.7 Å². The molecule has 26 heavy (non-hydrogen) atoms. The van der Waals surface area contributed by atoms with Crippen molar-refractivity contribution < 1.29 is 9.18 Å². The number of amides is 1. The van der Waals surface area contributed by atoms with Crippen molar-refractivity contribution in [2.24, 2.45) is 11.0 Å². The molecule has 136 valence electrons. The molecule has 1 N–H and O–H groups in total. The number of hydrogen-bond donors (Lipinski definition) is 1. The quantitative estimate of drug-likeness (QED) is 0.645. The van der Waals surface area contributed by atoms with E-state index in [-0.39, 0.29) is 17.6 Å². The van der Waals surface area contributed by atoms with Gasteiger partial charge in [-0.05, 0) is 49.7 Å². The van der Waals surface area contributed by atoms with Crippen molar-refractivity contribution in [1.29, 1.82) is 0 Å². The van der Waals surface area contributed by atoms with E-state index in [0.717, 1.165) is 37.1 Å². The third-order valence-corrected chi connectivity index (χ3v) is 4.79. The number of carbonyl (C=O) groups excluding carboxylic acids is 1. The van der Waals surface area contributed by atoms with E-state index >= 15 is 0 Å². The molecule has 0 radical (unpaired) electrons. The highest BCUT2D eigenvalue weighted by atomic mass is 35.5. The molecule has 0 atom stereocenters. The smallest absolute Gasteiger partial charge is 0.243 e. The molecule has 1 aromatic carbocycles. The number of nitrogens with zero attached hydrogens (tertiary/aromatic N) is 3. The van der Waals surface area contributed by atoms with E-state index in [1.165, 1.54) is 12.1 Å². The van der Waals surface area contributed by atoms with E-state index in [4.69, 9.17) is 11.6 Å². The highest BCUT2D eigenvalue weighted by molar-refractivity contribution is 6.31. The van der Waals surface area contributed by atoms with Crippen LogP contribution < -0.4 is 5.43 Å². The van der Waals surface area contributed by atoms with Gasteiger partial charge in [-0.25, -0.2) is 9.82 Å². The van der Waals surface area contributed by atoms with Gasteiger partial charge in [0.25, 0.3) is 0 Å². The summed E-state index contributed by atoms with van der Waals surface area (Å²) in [4.78, 5) is 18.4. The molecule has 3 rings (SSSR count). The van der Waals surface area contributed by atoms with Gasteiger partial charge in [0, 0.05) is 35.4 Å². The fraction of sp³-hybridized carbons (Fsp3) is 0.316. The number of hydrogen-bond acceptors (Lipinski definition) is 4. The predicted molar refractivity (Wildman–Crippen MR) is 99.4 cm³/mol. The first-order valence-electron chi connectivity index (χ1n) is 8.51. The lowest BCUT2D eigenvalue weighted by Gasteiger charge is -2.31. The van der Waals surface area contributed by atoms with Crippen LogP contribution in [0.2, 0.25) is 5.02 Å². The molecule has 0 saturated carbocycles. The van der Waals surface area contributed by atoms with E-state index in [1.54, 1.807) is 24.7 Å². The molecule has 1 fully saturated rings. The number of aromatic nitrogens is 1. The van der Waals surface area contributed by atoms with Gasteiger partial charge in [-0.15, -0.1) is 0 Å². The highest BCUT2D eigenvalue weighted by Crippen LogP contribution is 2.23. The van der Waals surface area contributed by atoms with Crippen LogP contribution in [-0.4, -0.2) is 35.1 Å². The molecule has 7 heteroatoms. The molecular weight excluding hydrogens is 355 g/mol. The summed E-state index contributed by atoms with van der Waals surface area (Å²) in [5.41, 5.74) is 4.33. The van der Waals surface area contributed by atoms with E-state index in [0.29, 0.717) is 11.6 Å².